The summed E-state index contributed by atoms with van der Waals surface area (Å²) >= 11 is 5.30. The Morgan fingerprint density at radius 3 is 1.43 bits per heavy atom. The van der Waals surface area contributed by atoms with Crippen LogP contribution in [0.1, 0.15) is 171 Å². The van der Waals surface area contributed by atoms with Gasteiger partial charge in [-0.1, -0.05) is 98.7 Å². The molecule has 3 aliphatic rings. The summed E-state index contributed by atoms with van der Waals surface area (Å²) in [4.78, 5) is 69.8. The minimum Gasteiger partial charge on any atom is -0.481 e. The van der Waals surface area contributed by atoms with Crippen LogP contribution in [0.2, 0.25) is 41.3 Å². The highest BCUT2D eigenvalue weighted by atomic mass is 32.2. The van der Waals surface area contributed by atoms with Crippen LogP contribution in [0.25, 0.3) is 0 Å². The highest BCUT2D eigenvalue weighted by molar-refractivity contribution is 7.99. The smallest absolute Gasteiger partial charge is 0.407 e. The number of amides is 4. The quantitative estimate of drug-likeness (QED) is 0.0352. The van der Waals surface area contributed by atoms with Crippen molar-refractivity contribution in [1.29, 1.82) is 0 Å². The Balaban J connectivity index is 0.000000661. The van der Waals surface area contributed by atoms with Gasteiger partial charge in [0.15, 0.2) is 16.6 Å². The summed E-state index contributed by atoms with van der Waals surface area (Å²) in [5.74, 6) is 4.05. The molecule has 3 fully saturated rings. The minimum absolute atomic E-state index is 0.0754. The van der Waals surface area contributed by atoms with Gasteiger partial charge in [0.05, 0.1) is 5.92 Å². The van der Waals surface area contributed by atoms with E-state index in [1.165, 1.54) is 0 Å². The summed E-state index contributed by atoms with van der Waals surface area (Å²) in [6, 6.07) is 9.67. The molecule has 19 nitrogen and oxygen atoms in total. The first-order valence-electron chi connectivity index (χ1n) is 32.9. The van der Waals surface area contributed by atoms with Crippen molar-refractivity contribution in [2.24, 2.45) is 23.7 Å². The van der Waals surface area contributed by atoms with E-state index in [-0.39, 0.29) is 57.2 Å². The maximum atomic E-state index is 12.8. The van der Waals surface area contributed by atoms with Gasteiger partial charge in [0.1, 0.15) is 28.7 Å². The molecule has 5 N–H and O–H groups in total. The van der Waals surface area contributed by atoms with Crippen LogP contribution in [0, 0.1) is 23.7 Å². The fourth-order valence-corrected chi connectivity index (χ4v) is 18.4. The van der Waals surface area contributed by atoms with Crippen molar-refractivity contribution in [3.8, 4) is 0 Å². The number of carbonyl (C=O) groups is 6. The number of aliphatic carboxylic acids is 1. The molecular weight excluding hydrogens is 1290 g/mol. The zero-order valence-electron chi connectivity index (χ0n) is 61.9. The fraction of sp³-hybridized carbons (Fsp3) is 0.794. The number of rotatable bonds is 20. The Labute approximate surface area is 577 Å². The number of hydrogen-bond acceptors (Lipinski definition) is 17. The van der Waals surface area contributed by atoms with Crippen LogP contribution in [0.4, 0.5) is 19.2 Å². The van der Waals surface area contributed by atoms with Gasteiger partial charge >= 0.3 is 38.9 Å². The van der Waals surface area contributed by atoms with Gasteiger partial charge < -0.3 is 67.8 Å². The first kappa shape index (κ1) is 87.7. The Hall–Kier alpha value is -3.28. The lowest BCUT2D eigenvalue weighted by Crippen LogP contribution is -2.60. The number of thioether (sulfide) groups is 3. The molecule has 4 rings (SSSR count). The third-order valence-corrected chi connectivity index (χ3v) is 33.1. The average molecular weight is 1420 g/mol. The fourth-order valence-electron chi connectivity index (χ4n) is 9.21. The van der Waals surface area contributed by atoms with Crippen LogP contribution >= 0.6 is 35.3 Å². The van der Waals surface area contributed by atoms with E-state index < -0.39 is 77.8 Å². The molecule has 538 valence electrons. The van der Waals surface area contributed by atoms with Crippen molar-refractivity contribution in [2.75, 3.05) is 61.4 Å². The molecular formula is C68H126N4O15S3Si3. The Morgan fingerprint density at radius 2 is 1.00 bits per heavy atom. The van der Waals surface area contributed by atoms with Crippen molar-refractivity contribution in [3.05, 3.63) is 43.0 Å². The monoisotopic (exact) mass is 1420 g/mol. The Kier molecular flexibility index (Phi) is 36.0. The summed E-state index contributed by atoms with van der Waals surface area (Å²) in [5, 5.41) is 21.8. The molecule has 1 aromatic rings. The average Bonchev–Trinajstić information content (AvgIpc) is 0.779. The number of alkyl carbamates (subject to hydrolysis) is 4. The molecule has 9 atom stereocenters. The van der Waals surface area contributed by atoms with Gasteiger partial charge in [0.25, 0.3) is 0 Å². The summed E-state index contributed by atoms with van der Waals surface area (Å²) in [7, 11) is -4.80. The molecule has 0 spiro atoms. The normalized spacial score (nSPS) is 21.4. The van der Waals surface area contributed by atoms with Crippen molar-refractivity contribution in [1.82, 2.24) is 21.3 Å². The Bertz CT molecular complexity index is 2450. The van der Waals surface area contributed by atoms with Gasteiger partial charge in [-0.05, 0) is 167 Å². The number of ether oxygens (including phenoxy) is 4. The highest BCUT2D eigenvalue weighted by Crippen LogP contribution is 2.40. The molecule has 0 aromatic heterocycles. The number of carboxylic acids is 1. The highest BCUT2D eigenvalue weighted by Gasteiger charge is 2.51. The maximum Gasteiger partial charge on any atom is 0.407 e. The molecule has 0 aliphatic carbocycles. The topological polar surface area (TPSA) is 245 Å². The molecule has 3 saturated heterocycles. The van der Waals surface area contributed by atoms with E-state index in [0.717, 1.165) is 59.7 Å². The number of aldehydes is 1. The lowest BCUT2D eigenvalue weighted by atomic mass is 9.98. The second-order valence-corrected chi connectivity index (χ2v) is 49.3. The first-order chi connectivity index (χ1) is 42.3. The molecule has 3 aliphatic heterocycles. The van der Waals surface area contributed by atoms with E-state index in [2.05, 4.69) is 128 Å². The van der Waals surface area contributed by atoms with Crippen LogP contribution in [-0.2, 0) is 46.2 Å². The van der Waals surface area contributed by atoms with Gasteiger partial charge in [-0.3, -0.25) is 4.79 Å². The molecule has 0 radical (unpaired) electrons. The van der Waals surface area contributed by atoms with E-state index in [4.69, 9.17) is 41.8 Å². The molecule has 4 amide bonds. The molecule has 1 unspecified atom stereocenters. The van der Waals surface area contributed by atoms with Gasteiger partial charge in [0, 0.05) is 91.1 Å². The number of hydrogen-bond donors (Lipinski definition) is 5. The predicted octanol–water partition coefficient (Wildman–Crippen LogP) is 15.1. The largest absolute Gasteiger partial charge is 0.481 e. The van der Waals surface area contributed by atoms with Crippen molar-refractivity contribution < 1.29 is 70.5 Å². The summed E-state index contributed by atoms with van der Waals surface area (Å²) in [6.07, 6.45) is 4.10. The van der Waals surface area contributed by atoms with Crippen molar-refractivity contribution in [2.45, 2.75) is 259 Å². The van der Waals surface area contributed by atoms with Crippen molar-refractivity contribution >= 4 is 102 Å². The second-order valence-electron chi connectivity index (χ2n) is 32.2. The van der Waals surface area contributed by atoms with E-state index in [1.54, 1.807) is 51.4 Å². The molecule has 1 aromatic carbocycles. The molecule has 0 bridgehead atoms. The van der Waals surface area contributed by atoms with Crippen LogP contribution in [0.3, 0.4) is 0 Å². The Morgan fingerprint density at radius 1 is 0.581 bits per heavy atom. The van der Waals surface area contributed by atoms with Crippen LogP contribution < -0.4 is 26.5 Å². The molecule has 0 saturated carbocycles. The zero-order valence-corrected chi connectivity index (χ0v) is 67.4. The van der Waals surface area contributed by atoms with Gasteiger partial charge in [-0.15, -0.1) is 6.58 Å². The van der Waals surface area contributed by atoms with Crippen molar-refractivity contribution in [3.63, 3.8) is 0 Å². The van der Waals surface area contributed by atoms with E-state index in [0.29, 0.717) is 37.7 Å². The third kappa shape index (κ3) is 33.7. The van der Waals surface area contributed by atoms with E-state index >= 15 is 0 Å². The van der Waals surface area contributed by atoms with Gasteiger partial charge in [-0.2, -0.15) is 35.3 Å². The number of carbonyl (C=O) groups excluding carboxylic acids is 5. The lowest BCUT2D eigenvalue weighted by molar-refractivity contribution is -0.142. The number of carboxylic acid groups (broad SMARTS) is 1. The lowest BCUT2D eigenvalue weighted by Gasteiger charge is -2.41. The van der Waals surface area contributed by atoms with E-state index in [9.17, 15) is 28.8 Å². The molecule has 25 heteroatoms. The SMILES string of the molecule is C=C[C@@H](CO[Si](C)(C)C(C)(C)C)[C@@H](CCO[Si](OC)(c1ccccc1)C(C)(C)C)NC(=O)OC(C)(C)C.CC(C)(C)OC(=O)N[C@@H]1CCSC[C@H]1C(=O)O.CC(C)(C)OC(=O)N[C@@H]1CCSC[C@H]1C=O.CC(C)(C)OC(=O)N[C@@H]1CCSC[C@H]1CO[Si](C)(C)C(C)(C)C. The van der Waals surface area contributed by atoms with Crippen LogP contribution in [-0.4, -0.2) is 175 Å². The van der Waals surface area contributed by atoms with Crippen LogP contribution in [0.15, 0.2) is 43.0 Å². The summed E-state index contributed by atoms with van der Waals surface area (Å²) < 4.78 is 47.1. The predicted molar refractivity (Wildman–Crippen MR) is 392 cm³/mol. The molecule has 93 heavy (non-hydrogen) atoms. The molecule has 3 heterocycles. The van der Waals surface area contributed by atoms with Crippen LogP contribution in [0.5, 0.6) is 0 Å². The van der Waals surface area contributed by atoms with E-state index in [1.807, 2.05) is 98.4 Å². The number of benzene rings is 1. The minimum atomic E-state index is -2.80. The third-order valence-electron chi connectivity index (χ3n) is 16.4. The summed E-state index contributed by atoms with van der Waals surface area (Å²) in [5.41, 5.74) is -2.11. The zero-order chi connectivity index (χ0) is 71.8. The standard InChI is InChI=1S/C29H53NO5Si2.C17H35NO3SSi.C11H19NO4S.C11H19NO3S/c1-14-23(22-34-36(12,13)28(5,6)7)25(30-26(31)35-27(2,3)4)20-21-33-37(32-11,29(8,9)10)24-18-16-15-17-19-24;1-16(2,3)21-15(19)18-14-9-10-22-12-13(14)11-20-23(7,8)17(4,5)6;1-11(2,3)16-10(15)12-8-4-5-17-6-7(8)9(13)14;1-11(2,3)15-10(14)12-9-4-5-16-7-8(9)6-13/h14-19,23,25H,1,20-22H2,2-13H3,(H,30,31);13-14H,9-12H2,1-8H3,(H,18,19);7-8H,4-6H2,1-3H3,(H,12,15)(H,13,14);6,8-9H,4-5,7H2,1-3H3,(H,12,14)/t23-,25+,37?;13-,14-;7-,8-;8-,9-/m0111/s1. The second kappa shape index (κ2) is 38.2. The summed E-state index contributed by atoms with van der Waals surface area (Å²) in [6.45, 7) is 56.6. The van der Waals surface area contributed by atoms with Gasteiger partial charge in [0.2, 0.25) is 0 Å². The maximum absolute atomic E-state index is 12.8. The van der Waals surface area contributed by atoms with Gasteiger partial charge in [-0.25, -0.2) is 19.2 Å². The number of nitrogens with one attached hydrogen (secondary N) is 4. The first-order valence-corrected chi connectivity index (χ1v) is 44.0.